The molecule has 46 heavy (non-hydrogen) atoms. The summed E-state index contributed by atoms with van der Waals surface area (Å²) >= 11 is 5.94. The van der Waals surface area contributed by atoms with E-state index in [9.17, 15) is 23.6 Å². The fourth-order valence-corrected chi connectivity index (χ4v) is 4.96. The number of nitrogens with one attached hydrogen (secondary N) is 3. The molecule has 3 aromatic rings. The standard InChI is InChI=1S/C31H33ClFN5O5.C2H6O/c1-3-4-5-6-27(40)36-25-16-20(35-18-39)7-8-22(25)19-11-13-34-21(15-19)17-28(41)38(2)14-12-26-29-24(37-31(42)43-26)10-9-23(32)30(29)33;1-3-2/h7-11,13,15-16,18,26H,3-6,12,14,17H2,1-2H3,(H,35,39)(H,36,40)(H,37,42);1-2H3. The van der Waals surface area contributed by atoms with Crippen LogP contribution in [0.1, 0.15) is 56.4 Å². The van der Waals surface area contributed by atoms with E-state index in [1.807, 2.05) is 0 Å². The van der Waals surface area contributed by atoms with Crippen molar-refractivity contribution in [1.82, 2.24) is 9.88 Å². The molecule has 11 nitrogen and oxygen atoms in total. The van der Waals surface area contributed by atoms with Crippen molar-refractivity contribution in [2.24, 2.45) is 0 Å². The number of likely N-dealkylation sites (N-methyl/N-ethyl adjacent to an activating group) is 1. The largest absolute Gasteiger partial charge is 0.441 e. The minimum absolute atomic E-state index is 0.0172. The van der Waals surface area contributed by atoms with E-state index in [1.54, 1.807) is 57.8 Å². The molecule has 0 aliphatic carbocycles. The maximum Gasteiger partial charge on any atom is 0.412 e. The molecule has 0 bridgehead atoms. The Bertz CT molecular complexity index is 1540. The summed E-state index contributed by atoms with van der Waals surface area (Å²) in [6.07, 6.45) is 3.77. The number of nitrogens with zero attached hydrogens (tertiary/aromatic N) is 2. The lowest BCUT2D eigenvalue weighted by Crippen LogP contribution is -2.32. The van der Waals surface area contributed by atoms with Gasteiger partial charge in [0.05, 0.1) is 34.1 Å². The van der Waals surface area contributed by atoms with Crippen LogP contribution in [0.2, 0.25) is 5.02 Å². The number of hydrogen-bond donors (Lipinski definition) is 3. The van der Waals surface area contributed by atoms with E-state index in [2.05, 4.69) is 32.6 Å². The molecule has 0 spiro atoms. The van der Waals surface area contributed by atoms with Gasteiger partial charge in [0.15, 0.2) is 5.82 Å². The third-order valence-corrected chi connectivity index (χ3v) is 7.37. The van der Waals surface area contributed by atoms with E-state index in [1.165, 1.54) is 17.0 Å². The van der Waals surface area contributed by atoms with Gasteiger partial charge in [0.1, 0.15) is 6.10 Å². The summed E-state index contributed by atoms with van der Waals surface area (Å²) < 4.78 is 24.3. The monoisotopic (exact) mass is 655 g/mol. The lowest BCUT2D eigenvalue weighted by molar-refractivity contribution is -0.129. The number of rotatable bonds is 13. The number of anilines is 3. The first-order valence-electron chi connectivity index (χ1n) is 14.8. The topological polar surface area (TPSA) is 139 Å². The average molecular weight is 656 g/mol. The SMILES string of the molecule is CCCCCC(=O)Nc1cc(NC=O)ccc1-c1ccnc(CC(=O)N(C)CCC2OC(=O)Nc3ccc(Cl)c(F)c32)c1.COC. The van der Waals surface area contributed by atoms with Crippen LogP contribution in [-0.4, -0.2) is 62.0 Å². The van der Waals surface area contributed by atoms with Crippen LogP contribution in [-0.2, 0) is 30.3 Å². The minimum Gasteiger partial charge on any atom is -0.441 e. The molecule has 2 aromatic carbocycles. The molecular formula is C33H39ClFN5O6. The predicted molar refractivity (Wildman–Crippen MR) is 175 cm³/mol. The molecule has 1 unspecified atom stereocenters. The minimum atomic E-state index is -0.911. The van der Waals surface area contributed by atoms with Crippen LogP contribution in [0, 0.1) is 5.82 Å². The van der Waals surface area contributed by atoms with Crippen LogP contribution < -0.4 is 16.0 Å². The number of unbranched alkanes of at least 4 members (excludes halogenated alkanes) is 2. The summed E-state index contributed by atoms with van der Waals surface area (Å²) in [6, 6.07) is 11.6. The van der Waals surface area contributed by atoms with Gasteiger partial charge in [0.2, 0.25) is 18.2 Å². The van der Waals surface area contributed by atoms with Gasteiger partial charge in [-0.15, -0.1) is 0 Å². The maximum absolute atomic E-state index is 14.7. The number of cyclic esters (lactones) is 1. The average Bonchev–Trinajstić information content (AvgIpc) is 3.02. The molecule has 1 atom stereocenters. The Balaban J connectivity index is 0.00000185. The zero-order chi connectivity index (χ0) is 33.6. The number of carbonyl (C=O) groups is 4. The third kappa shape index (κ3) is 9.98. The second-order valence-corrected chi connectivity index (χ2v) is 11.0. The summed E-state index contributed by atoms with van der Waals surface area (Å²) in [5.74, 6) is -1.05. The van der Waals surface area contributed by atoms with Crippen molar-refractivity contribution in [3.05, 3.63) is 70.8 Å². The van der Waals surface area contributed by atoms with Crippen molar-refractivity contribution in [2.75, 3.05) is 43.8 Å². The number of pyridine rings is 1. The lowest BCUT2D eigenvalue weighted by Gasteiger charge is -2.28. The van der Waals surface area contributed by atoms with Crippen LogP contribution in [0.25, 0.3) is 11.1 Å². The Kier molecular flexibility index (Phi) is 13.9. The van der Waals surface area contributed by atoms with E-state index in [0.717, 1.165) is 24.8 Å². The summed E-state index contributed by atoms with van der Waals surface area (Å²) in [4.78, 5) is 54.5. The number of carbonyl (C=O) groups excluding carboxylic acids is 4. The molecule has 1 aliphatic rings. The van der Waals surface area contributed by atoms with E-state index in [-0.39, 0.29) is 47.5 Å². The van der Waals surface area contributed by atoms with Crippen LogP contribution in [0.3, 0.4) is 0 Å². The number of ether oxygens (including phenoxy) is 2. The highest BCUT2D eigenvalue weighted by Gasteiger charge is 2.31. The highest BCUT2D eigenvalue weighted by atomic mass is 35.5. The van der Waals surface area contributed by atoms with Crippen LogP contribution in [0.15, 0.2) is 48.7 Å². The van der Waals surface area contributed by atoms with Gasteiger partial charge in [-0.05, 0) is 48.4 Å². The molecule has 1 aromatic heterocycles. The molecule has 0 saturated carbocycles. The zero-order valence-electron chi connectivity index (χ0n) is 26.3. The van der Waals surface area contributed by atoms with Crippen molar-refractivity contribution in [1.29, 1.82) is 0 Å². The van der Waals surface area contributed by atoms with Gasteiger partial charge in [-0.2, -0.15) is 0 Å². The molecule has 246 valence electrons. The molecule has 3 N–H and O–H groups in total. The van der Waals surface area contributed by atoms with Crippen molar-refractivity contribution < 1.29 is 33.0 Å². The van der Waals surface area contributed by atoms with E-state index in [0.29, 0.717) is 35.5 Å². The van der Waals surface area contributed by atoms with Gasteiger partial charge >= 0.3 is 6.09 Å². The van der Waals surface area contributed by atoms with Gasteiger partial charge in [-0.3, -0.25) is 24.7 Å². The second kappa shape index (κ2) is 17.8. The number of halogens is 2. The summed E-state index contributed by atoms with van der Waals surface area (Å²) in [5.41, 5.74) is 3.41. The van der Waals surface area contributed by atoms with E-state index in [4.69, 9.17) is 16.3 Å². The fraction of sp³-hybridized carbons (Fsp3) is 0.364. The molecule has 2 heterocycles. The Morgan fingerprint density at radius 3 is 2.65 bits per heavy atom. The number of amides is 4. The fourth-order valence-electron chi connectivity index (χ4n) is 4.79. The third-order valence-electron chi connectivity index (χ3n) is 7.08. The first-order valence-corrected chi connectivity index (χ1v) is 15.2. The van der Waals surface area contributed by atoms with E-state index < -0.39 is 18.0 Å². The van der Waals surface area contributed by atoms with Gasteiger partial charge < -0.3 is 25.0 Å². The molecule has 4 rings (SSSR count). The normalized spacial score (nSPS) is 13.3. The molecule has 0 radical (unpaired) electrons. The predicted octanol–water partition coefficient (Wildman–Crippen LogP) is 6.59. The van der Waals surface area contributed by atoms with Crippen LogP contribution in [0.4, 0.5) is 26.2 Å². The molecule has 13 heteroatoms. The Morgan fingerprint density at radius 1 is 1.17 bits per heavy atom. The van der Waals surface area contributed by atoms with Crippen molar-refractivity contribution in [3.8, 4) is 11.1 Å². The number of hydrogen-bond acceptors (Lipinski definition) is 7. The molecule has 0 saturated heterocycles. The zero-order valence-corrected chi connectivity index (χ0v) is 27.1. The highest BCUT2D eigenvalue weighted by molar-refractivity contribution is 6.31. The Labute approximate surface area is 272 Å². The highest BCUT2D eigenvalue weighted by Crippen LogP contribution is 2.38. The first-order chi connectivity index (χ1) is 22.1. The maximum atomic E-state index is 14.7. The second-order valence-electron chi connectivity index (χ2n) is 10.6. The van der Waals surface area contributed by atoms with Gasteiger partial charge in [0, 0.05) is 58.1 Å². The molecular weight excluding hydrogens is 617 g/mol. The number of fused-ring (bicyclic) bond motifs is 1. The van der Waals surface area contributed by atoms with Crippen LogP contribution in [0.5, 0.6) is 0 Å². The van der Waals surface area contributed by atoms with Gasteiger partial charge in [-0.25, -0.2) is 9.18 Å². The molecule has 1 aliphatic heterocycles. The quantitative estimate of drug-likeness (QED) is 0.140. The Morgan fingerprint density at radius 2 is 1.93 bits per heavy atom. The number of aromatic nitrogens is 1. The molecule has 0 fully saturated rings. The van der Waals surface area contributed by atoms with Crippen molar-refractivity contribution in [3.63, 3.8) is 0 Å². The lowest BCUT2D eigenvalue weighted by atomic mass is 10.0. The van der Waals surface area contributed by atoms with Crippen molar-refractivity contribution in [2.45, 2.75) is 51.6 Å². The smallest absolute Gasteiger partial charge is 0.412 e. The molecule has 4 amide bonds. The Hall–Kier alpha value is -4.55. The van der Waals surface area contributed by atoms with E-state index >= 15 is 0 Å². The summed E-state index contributed by atoms with van der Waals surface area (Å²) in [6.45, 7) is 2.25. The summed E-state index contributed by atoms with van der Waals surface area (Å²) in [7, 11) is 4.86. The first kappa shape index (κ1) is 35.9. The van der Waals surface area contributed by atoms with Gasteiger partial charge in [0.25, 0.3) is 0 Å². The number of benzene rings is 2. The van der Waals surface area contributed by atoms with Gasteiger partial charge in [-0.1, -0.05) is 37.4 Å². The van der Waals surface area contributed by atoms with Crippen molar-refractivity contribution >= 4 is 53.0 Å². The number of methoxy groups -OCH3 is 1. The summed E-state index contributed by atoms with van der Waals surface area (Å²) in [5, 5.41) is 7.92. The van der Waals surface area contributed by atoms with Crippen LogP contribution >= 0.6 is 11.6 Å².